The Morgan fingerprint density at radius 3 is 2.67 bits per heavy atom. The van der Waals surface area contributed by atoms with Gasteiger partial charge in [-0.1, -0.05) is 37.8 Å². The van der Waals surface area contributed by atoms with Gasteiger partial charge in [-0.15, -0.1) is 0 Å². The molecule has 0 radical (unpaired) electrons. The standard InChI is InChI=1S/C14H25N3O/c1-11(10-15)8-9-13-16-14(17-18-13)12-6-4-2-3-5-7-12/h11-12H,2-10,15H2,1H3. The van der Waals surface area contributed by atoms with Crippen LogP contribution in [-0.4, -0.2) is 16.7 Å². The van der Waals surface area contributed by atoms with Crippen molar-refractivity contribution in [3.8, 4) is 0 Å². The van der Waals surface area contributed by atoms with Crippen molar-refractivity contribution in [2.24, 2.45) is 11.7 Å². The summed E-state index contributed by atoms with van der Waals surface area (Å²) in [5.74, 6) is 2.78. The minimum Gasteiger partial charge on any atom is -0.339 e. The molecular formula is C14H25N3O. The highest BCUT2D eigenvalue weighted by Gasteiger charge is 2.19. The van der Waals surface area contributed by atoms with E-state index in [4.69, 9.17) is 10.3 Å². The van der Waals surface area contributed by atoms with Crippen LogP contribution in [0, 0.1) is 5.92 Å². The molecule has 1 aliphatic carbocycles. The van der Waals surface area contributed by atoms with Crippen LogP contribution in [0.25, 0.3) is 0 Å². The molecular weight excluding hydrogens is 226 g/mol. The molecule has 1 aromatic heterocycles. The largest absolute Gasteiger partial charge is 0.339 e. The van der Waals surface area contributed by atoms with Crippen LogP contribution < -0.4 is 5.73 Å². The van der Waals surface area contributed by atoms with Gasteiger partial charge in [0.1, 0.15) is 0 Å². The van der Waals surface area contributed by atoms with Gasteiger partial charge in [0.2, 0.25) is 5.89 Å². The van der Waals surface area contributed by atoms with E-state index in [1.807, 2.05) is 0 Å². The van der Waals surface area contributed by atoms with Crippen molar-refractivity contribution < 1.29 is 4.52 Å². The van der Waals surface area contributed by atoms with Gasteiger partial charge in [0.15, 0.2) is 5.82 Å². The Hall–Kier alpha value is -0.900. The average Bonchev–Trinajstić information content (AvgIpc) is 2.69. The molecule has 2 rings (SSSR count). The lowest BCUT2D eigenvalue weighted by Crippen LogP contribution is -2.11. The zero-order valence-corrected chi connectivity index (χ0v) is 11.4. The normalized spacial score (nSPS) is 19.7. The molecule has 0 bridgehead atoms. The van der Waals surface area contributed by atoms with Crippen molar-refractivity contribution in [3.63, 3.8) is 0 Å². The molecule has 4 nitrogen and oxygen atoms in total. The van der Waals surface area contributed by atoms with Gasteiger partial charge >= 0.3 is 0 Å². The molecule has 1 heterocycles. The second-order valence-electron chi connectivity index (χ2n) is 5.61. The van der Waals surface area contributed by atoms with Crippen molar-refractivity contribution in [2.45, 2.75) is 64.2 Å². The maximum atomic E-state index is 5.61. The molecule has 0 saturated heterocycles. The first-order valence-corrected chi connectivity index (χ1v) is 7.32. The quantitative estimate of drug-likeness (QED) is 0.817. The Kier molecular flexibility index (Phi) is 5.17. The predicted molar refractivity (Wildman–Crippen MR) is 71.3 cm³/mol. The van der Waals surface area contributed by atoms with Crippen LogP contribution in [0.3, 0.4) is 0 Å². The molecule has 18 heavy (non-hydrogen) atoms. The van der Waals surface area contributed by atoms with E-state index in [2.05, 4.69) is 17.1 Å². The molecule has 2 N–H and O–H groups in total. The van der Waals surface area contributed by atoms with Gasteiger partial charge in [-0.3, -0.25) is 0 Å². The van der Waals surface area contributed by atoms with Crippen LogP contribution in [0.2, 0.25) is 0 Å². The summed E-state index contributed by atoms with van der Waals surface area (Å²) in [7, 11) is 0. The van der Waals surface area contributed by atoms with E-state index in [0.29, 0.717) is 11.8 Å². The van der Waals surface area contributed by atoms with Gasteiger partial charge in [-0.05, 0) is 31.7 Å². The lowest BCUT2D eigenvalue weighted by Gasteiger charge is -2.07. The Bertz CT molecular complexity index is 343. The zero-order chi connectivity index (χ0) is 12.8. The lowest BCUT2D eigenvalue weighted by atomic mass is 10.00. The fraction of sp³-hybridized carbons (Fsp3) is 0.857. The number of hydrogen-bond donors (Lipinski definition) is 1. The second-order valence-corrected chi connectivity index (χ2v) is 5.61. The lowest BCUT2D eigenvalue weighted by molar-refractivity contribution is 0.356. The van der Waals surface area contributed by atoms with Crippen molar-refractivity contribution in [1.82, 2.24) is 10.1 Å². The third kappa shape index (κ3) is 3.80. The molecule has 1 saturated carbocycles. The van der Waals surface area contributed by atoms with E-state index in [9.17, 15) is 0 Å². The molecule has 1 aliphatic rings. The van der Waals surface area contributed by atoms with Crippen molar-refractivity contribution in [1.29, 1.82) is 0 Å². The van der Waals surface area contributed by atoms with E-state index in [1.54, 1.807) is 0 Å². The minimum absolute atomic E-state index is 0.525. The highest BCUT2D eigenvalue weighted by atomic mass is 16.5. The van der Waals surface area contributed by atoms with Crippen LogP contribution in [0.4, 0.5) is 0 Å². The summed E-state index contributed by atoms with van der Waals surface area (Å²) in [5, 5.41) is 4.17. The summed E-state index contributed by atoms with van der Waals surface area (Å²) in [5.41, 5.74) is 5.61. The third-order valence-electron chi connectivity index (χ3n) is 3.96. The zero-order valence-electron chi connectivity index (χ0n) is 11.4. The number of nitrogens with two attached hydrogens (primary N) is 1. The van der Waals surface area contributed by atoms with Crippen molar-refractivity contribution in [3.05, 3.63) is 11.7 Å². The molecule has 4 heteroatoms. The monoisotopic (exact) mass is 251 g/mol. The number of aromatic nitrogens is 2. The van der Waals surface area contributed by atoms with Crippen LogP contribution in [0.15, 0.2) is 4.52 Å². The number of rotatable bonds is 5. The summed E-state index contributed by atoms with van der Waals surface area (Å²) in [6.07, 6.45) is 9.65. The molecule has 0 amide bonds. The molecule has 1 unspecified atom stereocenters. The van der Waals surface area contributed by atoms with Crippen LogP contribution in [0.5, 0.6) is 0 Å². The molecule has 0 aromatic carbocycles. The maximum absolute atomic E-state index is 5.61. The SMILES string of the molecule is CC(CN)CCc1nc(C2CCCCCC2)no1. The third-order valence-corrected chi connectivity index (χ3v) is 3.96. The Morgan fingerprint density at radius 1 is 1.28 bits per heavy atom. The smallest absolute Gasteiger partial charge is 0.226 e. The Morgan fingerprint density at radius 2 is 2.00 bits per heavy atom. The van der Waals surface area contributed by atoms with Gasteiger partial charge in [-0.25, -0.2) is 0 Å². The maximum Gasteiger partial charge on any atom is 0.226 e. The van der Waals surface area contributed by atoms with Gasteiger partial charge in [0, 0.05) is 12.3 Å². The first kappa shape index (κ1) is 13.5. The summed E-state index contributed by atoms with van der Waals surface area (Å²) in [6.45, 7) is 2.88. The molecule has 1 fully saturated rings. The fourth-order valence-electron chi connectivity index (χ4n) is 2.56. The molecule has 102 valence electrons. The van der Waals surface area contributed by atoms with E-state index in [-0.39, 0.29) is 0 Å². The van der Waals surface area contributed by atoms with E-state index >= 15 is 0 Å². The molecule has 1 atom stereocenters. The van der Waals surface area contributed by atoms with E-state index < -0.39 is 0 Å². The first-order valence-electron chi connectivity index (χ1n) is 7.32. The highest BCUT2D eigenvalue weighted by Crippen LogP contribution is 2.29. The highest BCUT2D eigenvalue weighted by molar-refractivity contribution is 4.96. The van der Waals surface area contributed by atoms with Gasteiger partial charge in [-0.2, -0.15) is 4.98 Å². The first-order chi connectivity index (χ1) is 8.79. The van der Waals surface area contributed by atoms with Crippen LogP contribution in [0.1, 0.15) is 69.5 Å². The fourth-order valence-corrected chi connectivity index (χ4v) is 2.56. The van der Waals surface area contributed by atoms with Gasteiger partial charge in [0.25, 0.3) is 0 Å². The second kappa shape index (κ2) is 6.88. The molecule has 1 aromatic rings. The Labute approximate surface area is 109 Å². The topological polar surface area (TPSA) is 64.9 Å². The molecule has 0 spiro atoms. The van der Waals surface area contributed by atoms with E-state index in [0.717, 1.165) is 31.1 Å². The van der Waals surface area contributed by atoms with E-state index in [1.165, 1.54) is 38.5 Å². The van der Waals surface area contributed by atoms with Crippen molar-refractivity contribution in [2.75, 3.05) is 6.54 Å². The minimum atomic E-state index is 0.525. The summed E-state index contributed by atoms with van der Waals surface area (Å²) < 4.78 is 5.35. The summed E-state index contributed by atoms with van der Waals surface area (Å²) >= 11 is 0. The van der Waals surface area contributed by atoms with Gasteiger partial charge in [0.05, 0.1) is 0 Å². The van der Waals surface area contributed by atoms with Gasteiger partial charge < -0.3 is 10.3 Å². The van der Waals surface area contributed by atoms with Crippen molar-refractivity contribution >= 4 is 0 Å². The Balaban J connectivity index is 1.88. The molecule has 0 aliphatic heterocycles. The average molecular weight is 251 g/mol. The summed E-state index contributed by atoms with van der Waals surface area (Å²) in [6, 6.07) is 0. The summed E-state index contributed by atoms with van der Waals surface area (Å²) in [4.78, 5) is 4.56. The van der Waals surface area contributed by atoms with Crippen LogP contribution >= 0.6 is 0 Å². The predicted octanol–water partition coefficient (Wildman–Crippen LogP) is 3.03. The number of aryl methyl sites for hydroxylation is 1. The van der Waals surface area contributed by atoms with Crippen LogP contribution in [-0.2, 0) is 6.42 Å². The number of nitrogens with zero attached hydrogens (tertiary/aromatic N) is 2. The number of hydrogen-bond acceptors (Lipinski definition) is 4.